The minimum Gasteiger partial charge on any atom is -0.483 e. The molecular weight excluding hydrogens is 222 g/mol. The van der Waals surface area contributed by atoms with Crippen LogP contribution in [0.25, 0.3) is 0 Å². The molecule has 0 aromatic rings. The van der Waals surface area contributed by atoms with E-state index in [0.717, 1.165) is 25.9 Å². The largest absolute Gasteiger partial charge is 0.483 e. The third-order valence-electron chi connectivity index (χ3n) is 2.12. The van der Waals surface area contributed by atoms with Crippen molar-refractivity contribution in [1.29, 1.82) is 0 Å². The van der Waals surface area contributed by atoms with E-state index >= 15 is 0 Å². The second-order valence-corrected chi connectivity index (χ2v) is 4.82. The maximum Gasteiger partial charge on any atom is 0.410 e. The van der Waals surface area contributed by atoms with Gasteiger partial charge in [0.25, 0.3) is 6.47 Å². The third kappa shape index (κ3) is 7.38. The van der Waals surface area contributed by atoms with Crippen LogP contribution in [-0.4, -0.2) is 41.3 Å². The van der Waals surface area contributed by atoms with Gasteiger partial charge >= 0.3 is 6.09 Å². The lowest BCUT2D eigenvalue weighted by molar-refractivity contribution is -0.122. The fourth-order valence-corrected chi connectivity index (χ4v) is 1.33. The van der Waals surface area contributed by atoms with Gasteiger partial charge in [0, 0.05) is 13.1 Å². The number of amides is 1. The van der Waals surface area contributed by atoms with Crippen molar-refractivity contribution in [3.63, 3.8) is 0 Å². The highest BCUT2D eigenvalue weighted by Gasteiger charge is 2.23. The zero-order chi connectivity index (χ0) is 13.5. The summed E-state index contributed by atoms with van der Waals surface area (Å²) in [4.78, 5) is 21.7. The second kappa shape index (κ2) is 6.93. The van der Waals surface area contributed by atoms with Crippen LogP contribution < -0.4 is 0 Å². The molecule has 0 saturated carbocycles. The summed E-state index contributed by atoms with van der Waals surface area (Å²) in [5, 5.41) is 6.89. The fraction of sp³-hybridized carbons (Fsp3) is 0.667. The molecule has 5 heteroatoms. The number of nitrogens with zero attached hydrogens (tertiary/aromatic N) is 1. The molecule has 1 saturated heterocycles. The van der Waals surface area contributed by atoms with E-state index < -0.39 is 5.60 Å². The van der Waals surface area contributed by atoms with E-state index in [1.54, 1.807) is 4.90 Å². The summed E-state index contributed by atoms with van der Waals surface area (Å²) in [6.45, 7) is 10.8. The number of likely N-dealkylation sites (tertiary alicyclic amines) is 1. The van der Waals surface area contributed by atoms with E-state index in [9.17, 15) is 4.79 Å². The molecular formula is C12H21NO4. The SMILES string of the molecule is C=C1CCN(C(=O)OC(C)(C)C)CC1.O=CO. The second-order valence-electron chi connectivity index (χ2n) is 4.82. The van der Waals surface area contributed by atoms with E-state index in [4.69, 9.17) is 14.6 Å². The van der Waals surface area contributed by atoms with Crippen molar-refractivity contribution < 1.29 is 19.4 Å². The molecule has 0 unspecified atom stereocenters. The van der Waals surface area contributed by atoms with Crippen molar-refractivity contribution in [1.82, 2.24) is 4.90 Å². The molecule has 5 nitrogen and oxygen atoms in total. The van der Waals surface area contributed by atoms with Gasteiger partial charge in [0.05, 0.1) is 0 Å². The molecule has 1 rings (SSSR count). The number of carbonyl (C=O) groups is 2. The number of carboxylic acid groups (broad SMARTS) is 1. The van der Waals surface area contributed by atoms with E-state index in [1.165, 1.54) is 5.57 Å². The molecule has 1 aliphatic rings. The highest BCUT2D eigenvalue weighted by atomic mass is 16.6. The van der Waals surface area contributed by atoms with Crippen LogP contribution in [0, 0.1) is 0 Å². The Kier molecular flexibility index (Phi) is 6.31. The number of rotatable bonds is 0. The molecule has 1 amide bonds. The number of hydrogen-bond acceptors (Lipinski definition) is 3. The van der Waals surface area contributed by atoms with Gasteiger partial charge < -0.3 is 14.7 Å². The quantitative estimate of drug-likeness (QED) is 0.523. The van der Waals surface area contributed by atoms with Crippen LogP contribution in [0.15, 0.2) is 12.2 Å². The van der Waals surface area contributed by atoms with Gasteiger partial charge in [0.1, 0.15) is 5.60 Å². The Hall–Kier alpha value is -1.52. The zero-order valence-electron chi connectivity index (χ0n) is 10.7. The third-order valence-corrected chi connectivity index (χ3v) is 2.12. The van der Waals surface area contributed by atoms with Gasteiger partial charge in [-0.1, -0.05) is 12.2 Å². The number of ether oxygens (including phenoxy) is 1. The molecule has 1 heterocycles. The molecule has 0 aromatic carbocycles. The first-order chi connectivity index (χ1) is 7.80. The molecule has 0 aromatic heterocycles. The first-order valence-corrected chi connectivity index (χ1v) is 5.52. The topological polar surface area (TPSA) is 66.8 Å². The summed E-state index contributed by atoms with van der Waals surface area (Å²) < 4.78 is 5.27. The zero-order valence-corrected chi connectivity index (χ0v) is 10.7. The van der Waals surface area contributed by atoms with Gasteiger partial charge in [-0.3, -0.25) is 4.79 Å². The minimum atomic E-state index is -0.397. The van der Waals surface area contributed by atoms with E-state index in [-0.39, 0.29) is 12.6 Å². The van der Waals surface area contributed by atoms with Crippen LogP contribution in [0.5, 0.6) is 0 Å². The first-order valence-electron chi connectivity index (χ1n) is 5.52. The summed E-state index contributed by atoms with van der Waals surface area (Å²) in [5.41, 5.74) is 0.829. The van der Waals surface area contributed by atoms with Crippen molar-refractivity contribution in [2.75, 3.05) is 13.1 Å². The molecule has 0 aliphatic carbocycles. The van der Waals surface area contributed by atoms with Gasteiger partial charge in [-0.2, -0.15) is 0 Å². The lowest BCUT2D eigenvalue weighted by atomic mass is 10.1. The Morgan fingerprint density at radius 2 is 1.82 bits per heavy atom. The highest BCUT2D eigenvalue weighted by molar-refractivity contribution is 5.68. The molecule has 1 fully saturated rings. The Labute approximate surface area is 102 Å². The van der Waals surface area contributed by atoms with E-state index in [0.29, 0.717) is 0 Å². The lowest BCUT2D eigenvalue weighted by Crippen LogP contribution is -2.40. The summed E-state index contributed by atoms with van der Waals surface area (Å²) in [7, 11) is 0. The van der Waals surface area contributed by atoms with Crippen LogP contribution in [-0.2, 0) is 9.53 Å². The van der Waals surface area contributed by atoms with Gasteiger partial charge in [-0.15, -0.1) is 0 Å². The minimum absolute atomic E-state index is 0.204. The average Bonchev–Trinajstić information content (AvgIpc) is 2.17. The molecule has 98 valence electrons. The van der Waals surface area contributed by atoms with Crippen LogP contribution in [0.2, 0.25) is 0 Å². The molecule has 0 bridgehead atoms. The molecule has 0 spiro atoms. The van der Waals surface area contributed by atoms with Gasteiger partial charge in [-0.25, -0.2) is 4.79 Å². The summed E-state index contributed by atoms with van der Waals surface area (Å²) in [6, 6.07) is 0. The predicted molar refractivity (Wildman–Crippen MR) is 64.9 cm³/mol. The maximum atomic E-state index is 11.6. The maximum absolute atomic E-state index is 11.6. The first kappa shape index (κ1) is 15.5. The van der Waals surface area contributed by atoms with E-state index in [1.807, 2.05) is 20.8 Å². The smallest absolute Gasteiger partial charge is 0.410 e. The average molecular weight is 243 g/mol. The monoisotopic (exact) mass is 243 g/mol. The Bertz CT molecular complexity index is 271. The Balaban J connectivity index is 0.000000770. The number of piperidine rings is 1. The van der Waals surface area contributed by atoms with Gasteiger partial charge in [0.2, 0.25) is 0 Å². The number of carbonyl (C=O) groups excluding carboxylic acids is 1. The van der Waals surface area contributed by atoms with Crippen molar-refractivity contribution in [3.05, 3.63) is 12.2 Å². The Morgan fingerprint density at radius 1 is 1.41 bits per heavy atom. The van der Waals surface area contributed by atoms with Crippen molar-refractivity contribution >= 4 is 12.6 Å². The number of hydrogen-bond donors (Lipinski definition) is 1. The van der Waals surface area contributed by atoms with Crippen LogP contribution in [0.4, 0.5) is 4.79 Å². The van der Waals surface area contributed by atoms with E-state index in [2.05, 4.69) is 6.58 Å². The molecule has 0 radical (unpaired) electrons. The van der Waals surface area contributed by atoms with Crippen LogP contribution >= 0.6 is 0 Å². The van der Waals surface area contributed by atoms with Crippen LogP contribution in [0.1, 0.15) is 33.6 Å². The fourth-order valence-electron chi connectivity index (χ4n) is 1.33. The molecule has 1 N–H and O–H groups in total. The Morgan fingerprint density at radius 3 is 2.18 bits per heavy atom. The van der Waals surface area contributed by atoms with Crippen molar-refractivity contribution in [2.45, 2.75) is 39.2 Å². The predicted octanol–water partition coefficient (Wildman–Crippen LogP) is 2.27. The van der Waals surface area contributed by atoms with Gasteiger partial charge in [0.15, 0.2) is 0 Å². The normalized spacial score (nSPS) is 15.7. The van der Waals surface area contributed by atoms with Gasteiger partial charge in [-0.05, 0) is 33.6 Å². The van der Waals surface area contributed by atoms with Crippen LogP contribution in [0.3, 0.4) is 0 Å². The van der Waals surface area contributed by atoms with Crippen molar-refractivity contribution in [2.24, 2.45) is 0 Å². The van der Waals surface area contributed by atoms with Crippen molar-refractivity contribution in [3.8, 4) is 0 Å². The summed E-state index contributed by atoms with van der Waals surface area (Å²) in [6.07, 6.45) is 1.60. The molecule has 1 aliphatic heterocycles. The lowest BCUT2D eigenvalue weighted by Gasteiger charge is -2.30. The summed E-state index contributed by atoms with van der Waals surface area (Å²) in [5.74, 6) is 0. The highest BCUT2D eigenvalue weighted by Crippen LogP contribution is 2.17. The molecule has 0 atom stereocenters. The molecule has 17 heavy (non-hydrogen) atoms. The summed E-state index contributed by atoms with van der Waals surface area (Å²) >= 11 is 0. The standard InChI is InChI=1S/C11H19NO2.CH2O2/c1-9-5-7-12(8-6-9)10(13)14-11(2,3)4;2-1-3/h1,5-8H2,2-4H3;1H,(H,2,3).